The zero-order valence-electron chi connectivity index (χ0n) is 17.6. The maximum Gasteiger partial charge on any atom is 0.343 e. The summed E-state index contributed by atoms with van der Waals surface area (Å²) in [6.07, 6.45) is 1.33. The van der Waals surface area contributed by atoms with Gasteiger partial charge in [0.2, 0.25) is 5.88 Å². The first-order valence-electron chi connectivity index (χ1n) is 9.55. The van der Waals surface area contributed by atoms with Crippen LogP contribution in [0.3, 0.4) is 0 Å². The Kier molecular flexibility index (Phi) is 6.15. The van der Waals surface area contributed by atoms with E-state index in [0.717, 1.165) is 11.1 Å². The SMILES string of the molecule is CCOC(=O)c1cnc(-c2cccc(C)c2)nc1Nc1oc(C)c(C(C)=O)c1C(N)=O. The summed E-state index contributed by atoms with van der Waals surface area (Å²) >= 11 is 0. The number of ketones is 1. The Morgan fingerprint density at radius 2 is 1.94 bits per heavy atom. The molecule has 9 heteroatoms. The van der Waals surface area contributed by atoms with Crippen molar-refractivity contribution in [3.05, 3.63) is 58.5 Å². The lowest BCUT2D eigenvalue weighted by atomic mass is 10.1. The van der Waals surface area contributed by atoms with Gasteiger partial charge in [0.05, 0.1) is 12.2 Å². The number of ether oxygens (including phenoxy) is 1. The highest BCUT2D eigenvalue weighted by atomic mass is 16.5. The molecule has 3 rings (SSSR count). The van der Waals surface area contributed by atoms with Gasteiger partial charge >= 0.3 is 5.97 Å². The summed E-state index contributed by atoms with van der Waals surface area (Å²) in [5.41, 5.74) is 7.22. The first-order valence-corrected chi connectivity index (χ1v) is 9.55. The third kappa shape index (κ3) is 4.45. The number of carbonyl (C=O) groups is 3. The molecule has 0 aliphatic carbocycles. The number of hydrogen-bond donors (Lipinski definition) is 2. The van der Waals surface area contributed by atoms with Crippen molar-refractivity contribution < 1.29 is 23.5 Å². The normalized spacial score (nSPS) is 10.6. The lowest BCUT2D eigenvalue weighted by Gasteiger charge is -2.11. The standard InChI is InChI=1S/C22H22N4O5/c1-5-30-22(29)15-10-24-19(14-8-6-7-11(2)9-14)25-20(15)26-21-17(18(23)28)16(12(3)27)13(4)31-21/h6-10H,5H2,1-4H3,(H2,23,28)(H,24,25,26). The van der Waals surface area contributed by atoms with Gasteiger partial charge < -0.3 is 20.2 Å². The summed E-state index contributed by atoms with van der Waals surface area (Å²) < 4.78 is 10.7. The largest absolute Gasteiger partial charge is 0.462 e. The van der Waals surface area contributed by atoms with Gasteiger partial charge in [-0.05, 0) is 33.8 Å². The second-order valence-electron chi connectivity index (χ2n) is 6.83. The number of nitrogens with zero attached hydrogens (tertiary/aromatic N) is 2. The average molecular weight is 422 g/mol. The monoisotopic (exact) mass is 422 g/mol. The highest BCUT2D eigenvalue weighted by molar-refractivity contribution is 6.11. The van der Waals surface area contributed by atoms with Gasteiger partial charge in [-0.2, -0.15) is 0 Å². The quantitative estimate of drug-likeness (QED) is 0.435. The average Bonchev–Trinajstić information content (AvgIpc) is 3.04. The highest BCUT2D eigenvalue weighted by Crippen LogP contribution is 2.31. The van der Waals surface area contributed by atoms with Gasteiger partial charge in [0.25, 0.3) is 5.91 Å². The van der Waals surface area contributed by atoms with Crippen molar-refractivity contribution in [1.29, 1.82) is 0 Å². The number of carbonyl (C=O) groups excluding carboxylic acids is 3. The number of amides is 1. The van der Waals surface area contributed by atoms with Crippen molar-refractivity contribution >= 4 is 29.4 Å². The number of rotatable bonds is 7. The molecule has 2 heterocycles. The van der Waals surface area contributed by atoms with Gasteiger partial charge in [-0.25, -0.2) is 14.8 Å². The van der Waals surface area contributed by atoms with Crippen LogP contribution < -0.4 is 11.1 Å². The minimum absolute atomic E-state index is 0.0344. The Morgan fingerprint density at radius 1 is 1.19 bits per heavy atom. The van der Waals surface area contributed by atoms with E-state index in [0.29, 0.717) is 5.82 Å². The zero-order chi connectivity index (χ0) is 22.7. The van der Waals surface area contributed by atoms with Crippen molar-refractivity contribution in [3.63, 3.8) is 0 Å². The van der Waals surface area contributed by atoms with E-state index in [2.05, 4.69) is 15.3 Å². The summed E-state index contributed by atoms with van der Waals surface area (Å²) in [4.78, 5) is 45.2. The molecule has 0 saturated carbocycles. The minimum atomic E-state index is -0.852. The maximum absolute atomic E-state index is 12.4. The van der Waals surface area contributed by atoms with Crippen molar-refractivity contribution in [1.82, 2.24) is 9.97 Å². The van der Waals surface area contributed by atoms with Gasteiger partial charge in [-0.1, -0.05) is 23.8 Å². The number of anilines is 2. The number of furan rings is 1. The molecule has 0 spiro atoms. The highest BCUT2D eigenvalue weighted by Gasteiger charge is 2.27. The van der Waals surface area contributed by atoms with Crippen LogP contribution in [-0.4, -0.2) is 34.2 Å². The summed E-state index contributed by atoms with van der Waals surface area (Å²) in [6.45, 7) is 6.60. The number of benzene rings is 1. The zero-order valence-corrected chi connectivity index (χ0v) is 17.6. The van der Waals surface area contributed by atoms with Crippen LogP contribution in [0.5, 0.6) is 0 Å². The second-order valence-corrected chi connectivity index (χ2v) is 6.83. The van der Waals surface area contributed by atoms with Crippen LogP contribution >= 0.6 is 0 Å². The van der Waals surface area contributed by atoms with E-state index in [-0.39, 0.29) is 46.5 Å². The molecule has 31 heavy (non-hydrogen) atoms. The fourth-order valence-corrected chi connectivity index (χ4v) is 3.16. The van der Waals surface area contributed by atoms with E-state index < -0.39 is 11.9 Å². The number of aromatic nitrogens is 2. The van der Waals surface area contributed by atoms with E-state index in [1.165, 1.54) is 13.1 Å². The van der Waals surface area contributed by atoms with E-state index in [1.54, 1.807) is 13.8 Å². The van der Waals surface area contributed by atoms with Gasteiger partial charge in [-0.15, -0.1) is 0 Å². The van der Waals surface area contributed by atoms with Crippen LogP contribution in [0, 0.1) is 13.8 Å². The number of nitrogens with two attached hydrogens (primary N) is 1. The summed E-state index contributed by atoms with van der Waals surface area (Å²) in [5.74, 6) is -1.36. The van der Waals surface area contributed by atoms with E-state index in [9.17, 15) is 14.4 Å². The van der Waals surface area contributed by atoms with Crippen LogP contribution in [0.25, 0.3) is 11.4 Å². The summed E-state index contributed by atoms with van der Waals surface area (Å²) in [6, 6.07) is 7.52. The lowest BCUT2D eigenvalue weighted by Crippen LogP contribution is -2.17. The molecule has 3 N–H and O–H groups in total. The number of aryl methyl sites for hydroxylation is 2. The molecule has 0 radical (unpaired) electrons. The number of primary amides is 1. The Bertz CT molecular complexity index is 1180. The van der Waals surface area contributed by atoms with Crippen molar-refractivity contribution in [2.75, 3.05) is 11.9 Å². The summed E-state index contributed by atoms with van der Waals surface area (Å²) in [7, 11) is 0. The Balaban J connectivity index is 2.15. The fraction of sp³-hybridized carbons (Fsp3) is 0.227. The Morgan fingerprint density at radius 3 is 2.55 bits per heavy atom. The molecule has 0 saturated heterocycles. The van der Waals surface area contributed by atoms with Crippen LogP contribution in [-0.2, 0) is 4.74 Å². The number of Topliss-reactive ketones (excluding diaryl/α,β-unsaturated/α-hetero) is 1. The van der Waals surface area contributed by atoms with E-state index in [1.807, 2.05) is 31.2 Å². The summed E-state index contributed by atoms with van der Waals surface area (Å²) in [5, 5.41) is 2.83. The van der Waals surface area contributed by atoms with Crippen LogP contribution in [0.1, 0.15) is 56.2 Å². The fourth-order valence-electron chi connectivity index (χ4n) is 3.16. The van der Waals surface area contributed by atoms with Gasteiger partial charge in [-0.3, -0.25) is 9.59 Å². The molecule has 0 aliphatic heterocycles. The number of nitrogens with one attached hydrogen (secondary N) is 1. The van der Waals surface area contributed by atoms with Crippen molar-refractivity contribution in [2.45, 2.75) is 27.7 Å². The first kappa shape index (κ1) is 21.7. The first-order chi connectivity index (χ1) is 14.7. The molecule has 0 bridgehead atoms. The van der Waals surface area contributed by atoms with Gasteiger partial charge in [0, 0.05) is 11.8 Å². The third-order valence-corrected chi connectivity index (χ3v) is 4.48. The molecular weight excluding hydrogens is 400 g/mol. The molecule has 1 aromatic carbocycles. The minimum Gasteiger partial charge on any atom is -0.462 e. The number of hydrogen-bond acceptors (Lipinski definition) is 8. The van der Waals surface area contributed by atoms with Crippen molar-refractivity contribution in [3.8, 4) is 11.4 Å². The van der Waals surface area contributed by atoms with E-state index in [4.69, 9.17) is 14.9 Å². The maximum atomic E-state index is 12.4. The molecule has 2 aromatic heterocycles. The molecule has 0 unspecified atom stereocenters. The van der Waals surface area contributed by atoms with Gasteiger partial charge in [0.1, 0.15) is 16.9 Å². The molecular formula is C22H22N4O5. The predicted octanol–water partition coefficient (Wildman–Crippen LogP) is 3.58. The van der Waals surface area contributed by atoms with Crippen LogP contribution in [0.15, 0.2) is 34.9 Å². The molecule has 0 fully saturated rings. The van der Waals surface area contributed by atoms with Crippen LogP contribution in [0.4, 0.5) is 11.7 Å². The lowest BCUT2D eigenvalue weighted by molar-refractivity contribution is 0.0526. The molecule has 0 aliphatic rings. The Hall–Kier alpha value is -4.01. The van der Waals surface area contributed by atoms with Crippen molar-refractivity contribution in [2.24, 2.45) is 5.73 Å². The van der Waals surface area contributed by atoms with Crippen LogP contribution in [0.2, 0.25) is 0 Å². The second kappa shape index (κ2) is 8.78. The smallest absolute Gasteiger partial charge is 0.343 e. The molecule has 1 amide bonds. The molecule has 9 nitrogen and oxygen atoms in total. The number of esters is 1. The Labute approximate surface area is 178 Å². The molecule has 160 valence electrons. The molecule has 3 aromatic rings. The van der Waals surface area contributed by atoms with E-state index >= 15 is 0 Å². The third-order valence-electron chi connectivity index (χ3n) is 4.48. The van der Waals surface area contributed by atoms with Gasteiger partial charge in [0.15, 0.2) is 17.4 Å². The topological polar surface area (TPSA) is 137 Å². The predicted molar refractivity (Wildman–Crippen MR) is 113 cm³/mol. The molecule has 0 atom stereocenters.